The molecule has 0 atom stereocenters. The lowest BCUT2D eigenvalue weighted by atomic mass is 10.2. The van der Waals surface area contributed by atoms with E-state index in [1.165, 1.54) is 34.4 Å². The van der Waals surface area contributed by atoms with Gasteiger partial charge in [-0.15, -0.1) is 21.5 Å². The van der Waals surface area contributed by atoms with Crippen molar-refractivity contribution < 1.29 is 14.3 Å². The maximum Gasteiger partial charge on any atom is 0.311 e. The molecule has 0 unspecified atom stereocenters. The zero-order valence-electron chi connectivity index (χ0n) is 16.1. The Balaban J connectivity index is 1.46. The molecule has 0 aliphatic carbocycles. The fraction of sp³-hybridized carbons (Fsp3) is 0.278. The molecule has 30 heavy (non-hydrogen) atoms. The standard InChI is InChI=1S/C18H18ClN5O3S3/c1-3-27-15(26)7-12-8-28-16(21-12)22-14(25)9-29-18-24-23-17(30-18)20-11-5-4-10(2)13(19)6-11/h4-6,8H,3,7,9H2,1-2H3,(H,20,23)(H,21,22,25). The van der Waals surface area contributed by atoms with Crippen LogP contribution in [0.5, 0.6) is 0 Å². The topological polar surface area (TPSA) is 106 Å². The summed E-state index contributed by atoms with van der Waals surface area (Å²) in [6, 6.07) is 5.65. The number of anilines is 3. The molecule has 0 bridgehead atoms. The molecule has 158 valence electrons. The van der Waals surface area contributed by atoms with Crippen LogP contribution in [0.2, 0.25) is 5.02 Å². The minimum Gasteiger partial charge on any atom is -0.466 e. The molecule has 0 fully saturated rings. The molecule has 0 aliphatic rings. The second-order valence-corrected chi connectivity index (χ2v) is 9.39. The van der Waals surface area contributed by atoms with Crippen molar-refractivity contribution in [3.05, 3.63) is 39.9 Å². The number of halogens is 1. The molecule has 0 radical (unpaired) electrons. The summed E-state index contributed by atoms with van der Waals surface area (Å²) in [5.41, 5.74) is 2.38. The van der Waals surface area contributed by atoms with Crippen molar-refractivity contribution in [1.29, 1.82) is 0 Å². The average Bonchev–Trinajstić information content (AvgIpc) is 3.32. The third-order valence-electron chi connectivity index (χ3n) is 3.59. The van der Waals surface area contributed by atoms with Crippen molar-refractivity contribution in [1.82, 2.24) is 15.2 Å². The second kappa shape index (κ2) is 10.7. The van der Waals surface area contributed by atoms with Crippen molar-refractivity contribution in [3.63, 3.8) is 0 Å². The summed E-state index contributed by atoms with van der Waals surface area (Å²) in [4.78, 5) is 27.9. The Morgan fingerprint density at radius 3 is 2.87 bits per heavy atom. The van der Waals surface area contributed by atoms with Crippen LogP contribution in [-0.2, 0) is 20.7 Å². The van der Waals surface area contributed by atoms with Crippen LogP contribution in [-0.4, -0.2) is 39.4 Å². The molecule has 0 saturated carbocycles. The highest BCUT2D eigenvalue weighted by molar-refractivity contribution is 8.01. The van der Waals surface area contributed by atoms with Gasteiger partial charge in [0.15, 0.2) is 9.47 Å². The number of nitrogens with zero attached hydrogens (tertiary/aromatic N) is 3. The molecule has 2 N–H and O–H groups in total. The summed E-state index contributed by atoms with van der Waals surface area (Å²) in [7, 11) is 0. The van der Waals surface area contributed by atoms with Gasteiger partial charge in [0.1, 0.15) is 0 Å². The van der Waals surface area contributed by atoms with Crippen LogP contribution in [0, 0.1) is 6.92 Å². The Morgan fingerprint density at radius 1 is 1.27 bits per heavy atom. The number of carbonyl (C=O) groups is 2. The first-order chi connectivity index (χ1) is 14.4. The SMILES string of the molecule is CCOC(=O)Cc1csc(NC(=O)CSc2nnc(Nc3ccc(C)c(Cl)c3)s2)n1. The number of amides is 1. The van der Waals surface area contributed by atoms with Gasteiger partial charge in [0.25, 0.3) is 0 Å². The van der Waals surface area contributed by atoms with E-state index in [1.54, 1.807) is 12.3 Å². The van der Waals surface area contributed by atoms with E-state index < -0.39 is 0 Å². The number of thiazole rings is 1. The lowest BCUT2D eigenvalue weighted by Crippen LogP contribution is -2.14. The first-order valence-electron chi connectivity index (χ1n) is 8.82. The minimum absolute atomic E-state index is 0.0850. The van der Waals surface area contributed by atoms with Gasteiger partial charge >= 0.3 is 5.97 Å². The molecule has 2 heterocycles. The predicted molar refractivity (Wildman–Crippen MR) is 121 cm³/mol. The Labute approximate surface area is 190 Å². The lowest BCUT2D eigenvalue weighted by Gasteiger charge is -2.03. The molecule has 0 saturated heterocycles. The number of hydrogen-bond acceptors (Lipinski definition) is 10. The summed E-state index contributed by atoms with van der Waals surface area (Å²) >= 11 is 10.0. The first-order valence-corrected chi connectivity index (χ1v) is 11.9. The highest BCUT2D eigenvalue weighted by Gasteiger charge is 2.12. The number of rotatable bonds is 9. The van der Waals surface area contributed by atoms with Gasteiger partial charge in [-0.05, 0) is 31.5 Å². The van der Waals surface area contributed by atoms with E-state index in [9.17, 15) is 9.59 Å². The minimum atomic E-state index is -0.343. The number of benzene rings is 1. The molecule has 3 aromatic rings. The molecule has 0 spiro atoms. The molecule has 1 aromatic carbocycles. The smallest absolute Gasteiger partial charge is 0.311 e. The summed E-state index contributed by atoms with van der Waals surface area (Å²) < 4.78 is 5.55. The van der Waals surface area contributed by atoms with Crippen molar-refractivity contribution in [2.24, 2.45) is 0 Å². The molecule has 3 rings (SSSR count). The van der Waals surface area contributed by atoms with Gasteiger partial charge in [-0.1, -0.05) is 40.8 Å². The summed E-state index contributed by atoms with van der Waals surface area (Å²) in [5.74, 6) is -0.394. The van der Waals surface area contributed by atoms with Crippen molar-refractivity contribution in [3.8, 4) is 0 Å². The average molecular weight is 484 g/mol. The Morgan fingerprint density at radius 2 is 2.10 bits per heavy atom. The van der Waals surface area contributed by atoms with Crippen molar-refractivity contribution in [2.75, 3.05) is 23.0 Å². The number of carbonyl (C=O) groups excluding carboxylic acids is 2. The van der Waals surface area contributed by atoms with Gasteiger partial charge in [-0.25, -0.2) is 4.98 Å². The van der Waals surface area contributed by atoms with E-state index in [4.69, 9.17) is 16.3 Å². The van der Waals surface area contributed by atoms with Crippen LogP contribution in [0.15, 0.2) is 27.9 Å². The van der Waals surface area contributed by atoms with E-state index in [0.717, 1.165) is 11.3 Å². The van der Waals surface area contributed by atoms with Crippen LogP contribution in [0.3, 0.4) is 0 Å². The molecule has 2 aromatic heterocycles. The van der Waals surface area contributed by atoms with Gasteiger partial charge in [-0.3, -0.25) is 9.59 Å². The third kappa shape index (κ3) is 6.66. The predicted octanol–water partition coefficient (Wildman–Crippen LogP) is 4.54. The van der Waals surface area contributed by atoms with Crippen LogP contribution in [0.4, 0.5) is 16.0 Å². The van der Waals surface area contributed by atoms with Crippen LogP contribution in [0.25, 0.3) is 0 Å². The first kappa shape index (κ1) is 22.5. The number of hydrogen-bond donors (Lipinski definition) is 2. The Bertz CT molecular complexity index is 1040. The van der Waals surface area contributed by atoms with Crippen LogP contribution >= 0.6 is 46.0 Å². The number of esters is 1. The Kier molecular flexibility index (Phi) is 8.02. The fourth-order valence-corrected chi connectivity index (χ4v) is 4.68. The highest BCUT2D eigenvalue weighted by Crippen LogP contribution is 2.29. The second-order valence-electron chi connectivity index (χ2n) is 5.92. The maximum absolute atomic E-state index is 12.2. The van der Waals surface area contributed by atoms with E-state index in [-0.39, 0.29) is 24.1 Å². The molecule has 12 heteroatoms. The third-order valence-corrected chi connectivity index (χ3v) is 6.77. The number of aryl methyl sites for hydroxylation is 1. The van der Waals surface area contributed by atoms with E-state index in [2.05, 4.69) is 25.8 Å². The number of thioether (sulfide) groups is 1. The lowest BCUT2D eigenvalue weighted by molar-refractivity contribution is -0.142. The molecule has 8 nitrogen and oxygen atoms in total. The number of nitrogens with one attached hydrogen (secondary N) is 2. The molecule has 1 amide bonds. The molecular weight excluding hydrogens is 466 g/mol. The van der Waals surface area contributed by atoms with Crippen LogP contribution < -0.4 is 10.6 Å². The normalized spacial score (nSPS) is 10.6. The van der Waals surface area contributed by atoms with Crippen molar-refractivity contribution >= 4 is 73.9 Å². The van der Waals surface area contributed by atoms with Gasteiger partial charge in [0.05, 0.1) is 24.5 Å². The van der Waals surface area contributed by atoms with E-state index >= 15 is 0 Å². The van der Waals surface area contributed by atoms with E-state index in [0.29, 0.717) is 31.9 Å². The zero-order valence-corrected chi connectivity index (χ0v) is 19.3. The summed E-state index contributed by atoms with van der Waals surface area (Å²) in [5, 5.41) is 17.5. The summed E-state index contributed by atoms with van der Waals surface area (Å²) in [6.07, 6.45) is 0.0850. The quantitative estimate of drug-likeness (QED) is 0.337. The number of ether oxygens (including phenoxy) is 1. The largest absolute Gasteiger partial charge is 0.466 e. The van der Waals surface area contributed by atoms with Gasteiger partial charge in [0.2, 0.25) is 11.0 Å². The van der Waals surface area contributed by atoms with E-state index in [1.807, 2.05) is 25.1 Å². The Hall–Kier alpha value is -2.21. The maximum atomic E-state index is 12.2. The monoisotopic (exact) mass is 483 g/mol. The van der Waals surface area contributed by atoms with Gasteiger partial charge in [-0.2, -0.15) is 0 Å². The van der Waals surface area contributed by atoms with Crippen molar-refractivity contribution in [2.45, 2.75) is 24.6 Å². The van der Waals surface area contributed by atoms with Crippen LogP contribution in [0.1, 0.15) is 18.2 Å². The molecule has 0 aliphatic heterocycles. The fourth-order valence-electron chi connectivity index (χ4n) is 2.20. The number of aromatic nitrogens is 3. The zero-order chi connectivity index (χ0) is 21.5. The highest BCUT2D eigenvalue weighted by atomic mass is 35.5. The van der Waals surface area contributed by atoms with Gasteiger partial charge < -0.3 is 15.4 Å². The molecular formula is C18H18ClN5O3S3. The summed E-state index contributed by atoms with van der Waals surface area (Å²) in [6.45, 7) is 4.01. The van der Waals surface area contributed by atoms with Gasteiger partial charge in [0, 0.05) is 16.1 Å².